The number of thiol groups is 3. The zero-order valence-electron chi connectivity index (χ0n) is 11.3. The largest absolute Gasteiger partial charge is 0.342 e. The Labute approximate surface area is 154 Å². The minimum atomic E-state index is -0.846. The third-order valence-corrected chi connectivity index (χ3v) is 4.20. The van der Waals surface area contributed by atoms with Gasteiger partial charge in [0.15, 0.2) is 0 Å². The first-order chi connectivity index (χ1) is 9.94. The number of amides is 3. The van der Waals surface area contributed by atoms with E-state index < -0.39 is 24.0 Å². The molecule has 0 fully saturated rings. The number of halogens is 1. The summed E-state index contributed by atoms with van der Waals surface area (Å²) in [5, 5.41) is 7.85. The normalized spacial score (nSPS) is 14.7. The third-order valence-electron chi connectivity index (χ3n) is 2.57. The van der Waals surface area contributed by atoms with E-state index in [-0.39, 0.29) is 23.3 Å². The monoisotopic (exact) mass is 466 g/mol. The van der Waals surface area contributed by atoms with Crippen molar-refractivity contribution in [3.63, 3.8) is 0 Å². The molecule has 0 aliphatic rings. The highest BCUT2D eigenvalue weighted by atomic mass is 127. The van der Waals surface area contributed by atoms with E-state index in [1.54, 1.807) is 29.9 Å². The molecule has 0 aromatic rings. The van der Waals surface area contributed by atoms with E-state index in [9.17, 15) is 14.4 Å². The van der Waals surface area contributed by atoms with E-state index in [0.29, 0.717) is 5.75 Å². The van der Waals surface area contributed by atoms with Gasteiger partial charge in [-0.25, -0.2) is 0 Å². The highest BCUT2D eigenvalue weighted by Gasteiger charge is 2.26. The van der Waals surface area contributed by atoms with Crippen molar-refractivity contribution < 1.29 is 14.4 Å². The van der Waals surface area contributed by atoms with Gasteiger partial charge in [0, 0.05) is 17.3 Å². The van der Waals surface area contributed by atoms with Gasteiger partial charge in [0.25, 0.3) is 5.91 Å². The fourth-order valence-corrected chi connectivity index (χ4v) is 2.54. The first kappa shape index (κ1) is 21.1. The molecule has 4 N–H and O–H groups in total. The standard InChI is InChI=1S/C10H19IN4O3S3/c1-12-5(2-19)8(16)13-6(3-20)9(17)14-7(4-21)10(18)15-11/h5-7,12,19-21H,2-4H2,1H3,(H,13,16)(H,14,17)(H,15,18)/t5-,6-,7-/m0/s1. The topological polar surface area (TPSA) is 99.3 Å². The lowest BCUT2D eigenvalue weighted by Crippen LogP contribution is -2.57. The van der Waals surface area contributed by atoms with Crippen LogP contribution in [0.15, 0.2) is 0 Å². The molecule has 0 spiro atoms. The van der Waals surface area contributed by atoms with Gasteiger partial charge in [-0.05, 0) is 7.05 Å². The molecule has 0 radical (unpaired) electrons. The Kier molecular flexibility index (Phi) is 11.8. The Morgan fingerprint density at radius 3 is 1.57 bits per heavy atom. The Balaban J connectivity index is 4.68. The van der Waals surface area contributed by atoms with Crippen LogP contribution in [0.4, 0.5) is 0 Å². The second-order valence-corrected chi connectivity index (χ2v) is 5.60. The maximum Gasteiger partial charge on any atom is 0.252 e. The summed E-state index contributed by atoms with van der Waals surface area (Å²) in [6.07, 6.45) is 0. The number of hydrogen-bond acceptors (Lipinski definition) is 7. The van der Waals surface area contributed by atoms with Crippen LogP contribution in [0.3, 0.4) is 0 Å². The van der Waals surface area contributed by atoms with E-state index in [2.05, 4.69) is 57.4 Å². The van der Waals surface area contributed by atoms with Crippen LogP contribution in [0, 0.1) is 0 Å². The van der Waals surface area contributed by atoms with Crippen LogP contribution in [-0.2, 0) is 14.4 Å². The van der Waals surface area contributed by atoms with Crippen molar-refractivity contribution in [1.29, 1.82) is 0 Å². The minimum absolute atomic E-state index is 0.103. The van der Waals surface area contributed by atoms with Crippen LogP contribution in [0.1, 0.15) is 0 Å². The van der Waals surface area contributed by atoms with Gasteiger partial charge < -0.3 is 16.0 Å². The minimum Gasteiger partial charge on any atom is -0.342 e. The highest BCUT2D eigenvalue weighted by Crippen LogP contribution is 1.97. The van der Waals surface area contributed by atoms with Gasteiger partial charge in [0.05, 0.1) is 28.9 Å². The fourth-order valence-electron chi connectivity index (χ4n) is 1.30. The Morgan fingerprint density at radius 1 is 0.857 bits per heavy atom. The molecule has 0 heterocycles. The molecule has 0 aromatic heterocycles. The van der Waals surface area contributed by atoms with Crippen molar-refractivity contribution in [2.24, 2.45) is 0 Å². The summed E-state index contributed by atoms with van der Waals surface area (Å²) in [6, 6.07) is -2.13. The first-order valence-electron chi connectivity index (χ1n) is 5.96. The zero-order valence-corrected chi connectivity index (χ0v) is 16.1. The van der Waals surface area contributed by atoms with Gasteiger partial charge >= 0.3 is 0 Å². The molecule has 21 heavy (non-hydrogen) atoms. The average Bonchev–Trinajstić information content (AvgIpc) is 2.50. The van der Waals surface area contributed by atoms with Gasteiger partial charge in [-0.3, -0.25) is 17.9 Å². The number of hydrogen-bond donors (Lipinski definition) is 7. The molecule has 11 heteroatoms. The molecule has 3 amide bonds. The lowest BCUT2D eigenvalue weighted by Gasteiger charge is -2.22. The van der Waals surface area contributed by atoms with Crippen LogP contribution in [0.25, 0.3) is 0 Å². The fraction of sp³-hybridized carbons (Fsp3) is 0.700. The first-order valence-corrected chi connectivity index (χ1v) is 8.93. The van der Waals surface area contributed by atoms with Crippen molar-refractivity contribution in [1.82, 2.24) is 19.5 Å². The van der Waals surface area contributed by atoms with E-state index >= 15 is 0 Å². The van der Waals surface area contributed by atoms with E-state index in [4.69, 9.17) is 0 Å². The summed E-state index contributed by atoms with van der Waals surface area (Å²) in [7, 11) is 1.62. The van der Waals surface area contributed by atoms with Gasteiger partial charge in [-0.2, -0.15) is 37.9 Å². The smallest absolute Gasteiger partial charge is 0.252 e. The number of carbonyl (C=O) groups is 3. The molecular weight excluding hydrogens is 447 g/mol. The predicted molar refractivity (Wildman–Crippen MR) is 100 cm³/mol. The molecule has 0 rings (SSSR count). The second kappa shape index (κ2) is 11.7. The summed E-state index contributed by atoms with van der Waals surface area (Å²) in [5.74, 6) is -0.685. The molecule has 0 aromatic carbocycles. The van der Waals surface area contributed by atoms with Gasteiger partial charge in [-0.1, -0.05) is 0 Å². The molecule has 0 aliphatic heterocycles. The van der Waals surface area contributed by atoms with Crippen molar-refractivity contribution in [3.05, 3.63) is 0 Å². The average molecular weight is 466 g/mol. The maximum absolute atomic E-state index is 12.1. The van der Waals surface area contributed by atoms with E-state index in [1.165, 1.54) is 0 Å². The third kappa shape index (κ3) is 7.30. The quantitative estimate of drug-likeness (QED) is 0.132. The summed E-state index contributed by atoms with van der Waals surface area (Å²) < 4.78 is 2.40. The van der Waals surface area contributed by atoms with Crippen molar-refractivity contribution in [2.75, 3.05) is 24.3 Å². The molecule has 3 atom stereocenters. The Morgan fingerprint density at radius 2 is 1.24 bits per heavy atom. The number of likely N-dealkylation sites (N-methyl/N-ethyl adjacent to an activating group) is 1. The highest BCUT2D eigenvalue weighted by molar-refractivity contribution is 14.1. The molecule has 0 bridgehead atoms. The van der Waals surface area contributed by atoms with Crippen molar-refractivity contribution >= 4 is 78.5 Å². The molecule has 0 aliphatic carbocycles. The maximum atomic E-state index is 12.1. The molecule has 0 saturated heterocycles. The predicted octanol–water partition coefficient (Wildman–Crippen LogP) is -1.20. The van der Waals surface area contributed by atoms with E-state index in [1.807, 2.05) is 0 Å². The molecular formula is C10H19IN4O3S3. The second-order valence-electron chi connectivity index (χ2n) is 3.97. The van der Waals surface area contributed by atoms with Crippen molar-refractivity contribution in [3.8, 4) is 0 Å². The van der Waals surface area contributed by atoms with Gasteiger partial charge in [0.2, 0.25) is 11.8 Å². The Bertz CT molecular complexity index is 371. The van der Waals surface area contributed by atoms with Crippen LogP contribution in [-0.4, -0.2) is 60.2 Å². The van der Waals surface area contributed by atoms with Gasteiger partial charge in [0.1, 0.15) is 12.1 Å². The number of carbonyl (C=O) groups excluding carboxylic acids is 3. The Hall–Kier alpha value is 0.150. The molecule has 0 saturated carbocycles. The number of nitrogens with one attached hydrogen (secondary N) is 4. The van der Waals surface area contributed by atoms with Crippen LogP contribution in [0.2, 0.25) is 0 Å². The molecule has 7 nitrogen and oxygen atoms in total. The number of rotatable bonds is 9. The lowest BCUT2D eigenvalue weighted by molar-refractivity contribution is -0.131. The SMILES string of the molecule is CN[C@@H](CS)C(=O)N[C@@H](CS)C(=O)N[C@@H](CS)C(=O)NI. The van der Waals surface area contributed by atoms with Crippen LogP contribution < -0.4 is 19.5 Å². The summed E-state index contributed by atoms with van der Waals surface area (Å²) in [6.45, 7) is 0. The van der Waals surface area contributed by atoms with Crippen LogP contribution >= 0.6 is 60.8 Å². The zero-order chi connectivity index (χ0) is 16.4. The molecule has 0 unspecified atom stereocenters. The summed E-state index contributed by atoms with van der Waals surface area (Å²) in [5.41, 5.74) is 0. The molecule has 122 valence electrons. The lowest BCUT2D eigenvalue weighted by atomic mass is 10.2. The summed E-state index contributed by atoms with van der Waals surface area (Å²) >= 11 is 13.8. The van der Waals surface area contributed by atoms with Crippen LogP contribution in [0.5, 0.6) is 0 Å². The van der Waals surface area contributed by atoms with Gasteiger partial charge in [-0.15, -0.1) is 0 Å². The van der Waals surface area contributed by atoms with E-state index in [0.717, 1.165) is 0 Å². The van der Waals surface area contributed by atoms with Crippen molar-refractivity contribution in [2.45, 2.75) is 18.1 Å². The summed E-state index contributed by atoms with van der Waals surface area (Å²) in [4.78, 5) is 35.5.